The Bertz CT molecular complexity index is 672. The molecule has 2 N–H and O–H groups in total. The van der Waals surface area contributed by atoms with Crippen molar-refractivity contribution in [2.75, 3.05) is 12.3 Å². The molecule has 0 bridgehead atoms. The van der Waals surface area contributed by atoms with Crippen LogP contribution in [0.25, 0.3) is 0 Å². The fourth-order valence-electron chi connectivity index (χ4n) is 3.20. The molecule has 3 atom stereocenters. The lowest BCUT2D eigenvalue weighted by molar-refractivity contribution is -0.384. The van der Waals surface area contributed by atoms with E-state index < -0.39 is 15.7 Å². The van der Waals surface area contributed by atoms with Gasteiger partial charge in [-0.2, -0.15) is 0 Å². The van der Waals surface area contributed by atoms with Crippen LogP contribution in [0.1, 0.15) is 45.1 Å². The summed E-state index contributed by atoms with van der Waals surface area (Å²) >= 11 is 0. The molecular weight excluding hydrogens is 479 g/mol. The molecule has 1 aliphatic rings. The summed E-state index contributed by atoms with van der Waals surface area (Å²) in [4.78, 5) is 15.1. The molecule has 1 aromatic rings. The predicted molar refractivity (Wildman–Crippen MR) is 121 cm³/mol. The van der Waals surface area contributed by atoms with Crippen molar-refractivity contribution in [1.29, 1.82) is 0 Å². The van der Waals surface area contributed by atoms with Crippen molar-refractivity contribution in [1.82, 2.24) is 10.6 Å². The second-order valence-electron chi connectivity index (χ2n) is 6.42. The van der Waals surface area contributed by atoms with Gasteiger partial charge in [-0.15, -0.1) is 24.0 Å². The first kappa shape index (κ1) is 23.8. The molecule has 1 aromatic carbocycles. The molecule has 1 saturated carbocycles. The summed E-state index contributed by atoms with van der Waals surface area (Å²) in [6.45, 7) is 5.07. The number of nitrogens with zero attached hydrogens (tertiary/aromatic N) is 2. The standard InChI is InChI=1S/C18H28N4O3S.HI/c1-3-19-18(20-13-14-7-5-9-16(11-14)22(23)24)21-15-8-6-10-17(12-15)26(25)4-2;/h5,7,9,11,15,17H,3-4,6,8,10,12-13H2,1-2H3,(H2,19,20,21);1H. The Morgan fingerprint density at radius 3 is 2.81 bits per heavy atom. The average Bonchev–Trinajstić information content (AvgIpc) is 2.66. The van der Waals surface area contributed by atoms with Gasteiger partial charge < -0.3 is 10.6 Å². The largest absolute Gasteiger partial charge is 0.357 e. The maximum absolute atomic E-state index is 12.1. The number of nitro benzene ring substituents is 1. The van der Waals surface area contributed by atoms with Gasteiger partial charge in [0, 0.05) is 46.5 Å². The lowest BCUT2D eigenvalue weighted by Gasteiger charge is -2.30. The van der Waals surface area contributed by atoms with Crippen LogP contribution in [0, 0.1) is 10.1 Å². The third-order valence-corrected chi connectivity index (χ3v) is 6.25. The highest BCUT2D eigenvalue weighted by molar-refractivity contribution is 14.0. The van der Waals surface area contributed by atoms with Gasteiger partial charge in [0.1, 0.15) is 0 Å². The van der Waals surface area contributed by atoms with E-state index in [1.807, 2.05) is 19.9 Å². The zero-order valence-electron chi connectivity index (χ0n) is 15.8. The van der Waals surface area contributed by atoms with Crippen LogP contribution in [-0.4, -0.2) is 38.7 Å². The summed E-state index contributed by atoms with van der Waals surface area (Å²) in [5.74, 6) is 1.41. The van der Waals surface area contributed by atoms with Crippen LogP contribution in [0.4, 0.5) is 5.69 Å². The van der Waals surface area contributed by atoms with Crippen molar-refractivity contribution in [2.45, 2.75) is 57.4 Å². The van der Waals surface area contributed by atoms with Crippen LogP contribution in [-0.2, 0) is 17.3 Å². The molecule has 1 fully saturated rings. The molecule has 0 amide bonds. The quantitative estimate of drug-likeness (QED) is 0.194. The fraction of sp³-hybridized carbons (Fsp3) is 0.611. The van der Waals surface area contributed by atoms with E-state index in [0.717, 1.165) is 37.8 Å². The summed E-state index contributed by atoms with van der Waals surface area (Å²) < 4.78 is 12.1. The molecule has 0 radical (unpaired) electrons. The second-order valence-corrected chi connectivity index (χ2v) is 8.43. The van der Waals surface area contributed by atoms with Crippen molar-refractivity contribution in [3.63, 3.8) is 0 Å². The third-order valence-electron chi connectivity index (χ3n) is 4.51. The Balaban J connectivity index is 0.00000364. The first-order chi connectivity index (χ1) is 12.5. The molecule has 2 rings (SSSR count). The zero-order chi connectivity index (χ0) is 18.9. The van der Waals surface area contributed by atoms with E-state index in [4.69, 9.17) is 0 Å². The molecule has 0 saturated heterocycles. The molecular formula is C18H29IN4O3S. The lowest BCUT2D eigenvalue weighted by atomic mass is 9.95. The SMILES string of the molecule is CCNC(=NCc1cccc([N+](=O)[O-])c1)NC1CCCC(S(=O)CC)C1.I. The third kappa shape index (κ3) is 7.73. The topological polar surface area (TPSA) is 96.6 Å². The zero-order valence-corrected chi connectivity index (χ0v) is 19.0. The number of aliphatic imine (C=N–C) groups is 1. The van der Waals surface area contributed by atoms with E-state index in [1.54, 1.807) is 12.1 Å². The molecule has 0 aliphatic heterocycles. The minimum atomic E-state index is -0.757. The number of nitro groups is 1. The molecule has 0 heterocycles. The molecule has 0 spiro atoms. The number of halogens is 1. The van der Waals surface area contributed by atoms with Gasteiger partial charge in [-0.05, 0) is 31.7 Å². The Labute approximate surface area is 180 Å². The lowest BCUT2D eigenvalue weighted by Crippen LogP contribution is -2.46. The number of non-ortho nitro benzene ring substituents is 1. The van der Waals surface area contributed by atoms with E-state index in [2.05, 4.69) is 15.6 Å². The predicted octanol–water partition coefficient (Wildman–Crippen LogP) is 3.35. The van der Waals surface area contributed by atoms with Gasteiger partial charge in [0.05, 0.1) is 11.5 Å². The molecule has 152 valence electrons. The van der Waals surface area contributed by atoms with Gasteiger partial charge in [-0.3, -0.25) is 14.3 Å². The Kier molecular flexibility index (Phi) is 10.8. The van der Waals surface area contributed by atoms with Crippen LogP contribution in [0.15, 0.2) is 29.3 Å². The van der Waals surface area contributed by atoms with Crippen molar-refractivity contribution in [2.24, 2.45) is 4.99 Å². The monoisotopic (exact) mass is 508 g/mol. The number of benzene rings is 1. The van der Waals surface area contributed by atoms with E-state index >= 15 is 0 Å². The number of rotatable bonds is 7. The van der Waals surface area contributed by atoms with Gasteiger partial charge in [-0.1, -0.05) is 25.5 Å². The maximum atomic E-state index is 12.1. The van der Waals surface area contributed by atoms with Crippen LogP contribution >= 0.6 is 24.0 Å². The average molecular weight is 508 g/mol. The number of guanidine groups is 1. The van der Waals surface area contributed by atoms with E-state index in [-0.39, 0.29) is 41.0 Å². The highest BCUT2D eigenvalue weighted by atomic mass is 127. The molecule has 27 heavy (non-hydrogen) atoms. The van der Waals surface area contributed by atoms with Gasteiger partial charge in [0.15, 0.2) is 5.96 Å². The van der Waals surface area contributed by atoms with E-state index in [1.165, 1.54) is 6.07 Å². The second kappa shape index (κ2) is 12.3. The van der Waals surface area contributed by atoms with Gasteiger partial charge in [-0.25, -0.2) is 4.99 Å². The Morgan fingerprint density at radius 2 is 2.15 bits per heavy atom. The van der Waals surface area contributed by atoms with Crippen molar-refractivity contribution < 1.29 is 9.13 Å². The van der Waals surface area contributed by atoms with Gasteiger partial charge >= 0.3 is 0 Å². The molecule has 0 aromatic heterocycles. The van der Waals surface area contributed by atoms with E-state index in [0.29, 0.717) is 18.3 Å². The van der Waals surface area contributed by atoms with Crippen molar-refractivity contribution >= 4 is 46.4 Å². The summed E-state index contributed by atoms with van der Waals surface area (Å²) in [5, 5.41) is 17.8. The first-order valence-corrected chi connectivity index (χ1v) is 10.6. The molecule has 3 unspecified atom stereocenters. The molecule has 1 aliphatic carbocycles. The number of nitrogens with one attached hydrogen (secondary N) is 2. The minimum Gasteiger partial charge on any atom is -0.357 e. The van der Waals surface area contributed by atoms with E-state index in [9.17, 15) is 14.3 Å². The number of hydrogen-bond donors (Lipinski definition) is 2. The van der Waals surface area contributed by atoms with Crippen LogP contribution in [0.3, 0.4) is 0 Å². The maximum Gasteiger partial charge on any atom is 0.269 e. The highest BCUT2D eigenvalue weighted by Crippen LogP contribution is 2.23. The normalized spacial score (nSPS) is 21.0. The van der Waals surface area contributed by atoms with Gasteiger partial charge in [0.25, 0.3) is 5.69 Å². The van der Waals surface area contributed by atoms with Crippen molar-refractivity contribution in [3.8, 4) is 0 Å². The smallest absolute Gasteiger partial charge is 0.269 e. The number of hydrogen-bond acceptors (Lipinski definition) is 4. The molecule has 9 heteroatoms. The Hall–Kier alpha value is -1.23. The summed E-state index contributed by atoms with van der Waals surface area (Å²) in [6, 6.07) is 6.80. The Morgan fingerprint density at radius 1 is 1.37 bits per heavy atom. The van der Waals surface area contributed by atoms with Crippen LogP contribution in [0.5, 0.6) is 0 Å². The molecule has 7 nitrogen and oxygen atoms in total. The summed E-state index contributed by atoms with van der Waals surface area (Å²) in [6.07, 6.45) is 4.03. The minimum absolute atomic E-state index is 0. The van der Waals surface area contributed by atoms with Gasteiger partial charge in [0.2, 0.25) is 0 Å². The summed E-state index contributed by atoms with van der Waals surface area (Å²) in [7, 11) is -0.757. The van der Waals surface area contributed by atoms with Crippen LogP contribution in [0.2, 0.25) is 0 Å². The first-order valence-electron chi connectivity index (χ1n) is 9.18. The summed E-state index contributed by atoms with van der Waals surface area (Å²) in [5.41, 5.74) is 0.873. The van der Waals surface area contributed by atoms with Crippen LogP contribution < -0.4 is 10.6 Å². The van der Waals surface area contributed by atoms with Crippen molar-refractivity contribution in [3.05, 3.63) is 39.9 Å². The fourth-order valence-corrected chi connectivity index (χ4v) is 4.55. The highest BCUT2D eigenvalue weighted by Gasteiger charge is 2.26.